The smallest absolute Gasteiger partial charge is 0.261 e. The lowest BCUT2D eigenvalue weighted by atomic mass is 10.2. The van der Waals surface area contributed by atoms with Crippen LogP contribution in [-0.4, -0.2) is 20.7 Å². The summed E-state index contributed by atoms with van der Waals surface area (Å²) in [6.07, 6.45) is 5.24. The van der Waals surface area contributed by atoms with E-state index in [1.165, 1.54) is 11.3 Å². The van der Waals surface area contributed by atoms with E-state index in [0.717, 1.165) is 15.2 Å². The molecule has 3 aromatic heterocycles. The Morgan fingerprint density at radius 1 is 1.33 bits per heavy atom. The van der Waals surface area contributed by atoms with Crippen molar-refractivity contribution < 1.29 is 4.79 Å². The Hall–Kier alpha value is -1.99. The van der Waals surface area contributed by atoms with Crippen molar-refractivity contribution in [1.29, 1.82) is 0 Å². The van der Waals surface area contributed by atoms with Crippen LogP contribution in [-0.2, 0) is 6.54 Å². The van der Waals surface area contributed by atoms with Gasteiger partial charge in [-0.05, 0) is 51.8 Å². The minimum atomic E-state index is -0.0804. The van der Waals surface area contributed by atoms with Crippen LogP contribution in [0.3, 0.4) is 0 Å². The van der Waals surface area contributed by atoms with E-state index in [1.807, 2.05) is 30.5 Å². The third-order valence-corrected chi connectivity index (χ3v) is 4.42. The van der Waals surface area contributed by atoms with E-state index < -0.39 is 0 Å². The topological polar surface area (TPSA) is 59.8 Å². The third-order valence-electron chi connectivity index (χ3n) is 2.80. The van der Waals surface area contributed by atoms with Gasteiger partial charge >= 0.3 is 0 Å². The number of carbonyl (C=O) groups excluding carboxylic acids is 1. The molecule has 0 saturated heterocycles. The number of thiophene rings is 1. The highest BCUT2D eigenvalue weighted by molar-refractivity contribution is 9.11. The van der Waals surface area contributed by atoms with Gasteiger partial charge in [0, 0.05) is 25.1 Å². The molecule has 0 saturated carbocycles. The Morgan fingerprint density at radius 2 is 2.24 bits per heavy atom. The van der Waals surface area contributed by atoms with Gasteiger partial charge in [0.2, 0.25) is 0 Å². The van der Waals surface area contributed by atoms with Crippen LogP contribution < -0.4 is 5.32 Å². The van der Waals surface area contributed by atoms with Gasteiger partial charge in [-0.1, -0.05) is 0 Å². The molecule has 21 heavy (non-hydrogen) atoms. The monoisotopic (exact) mass is 362 g/mol. The molecular weight excluding hydrogens is 352 g/mol. The molecule has 3 aromatic rings. The maximum absolute atomic E-state index is 12.0. The van der Waals surface area contributed by atoms with Crippen LogP contribution in [0.1, 0.15) is 15.2 Å². The summed E-state index contributed by atoms with van der Waals surface area (Å²) in [5.41, 5.74) is 0.972. The number of halogens is 1. The molecule has 0 fully saturated rings. The normalized spacial score (nSPS) is 10.5. The first-order valence-corrected chi connectivity index (χ1v) is 7.82. The first-order valence-electron chi connectivity index (χ1n) is 6.21. The van der Waals surface area contributed by atoms with Gasteiger partial charge in [0.25, 0.3) is 5.91 Å². The van der Waals surface area contributed by atoms with Gasteiger partial charge in [0.1, 0.15) is 0 Å². The van der Waals surface area contributed by atoms with Crippen molar-refractivity contribution in [3.8, 4) is 5.82 Å². The summed E-state index contributed by atoms with van der Waals surface area (Å²) in [5, 5.41) is 7.03. The molecule has 0 atom stereocenters. The van der Waals surface area contributed by atoms with Gasteiger partial charge < -0.3 is 5.32 Å². The predicted molar refractivity (Wildman–Crippen MR) is 84.5 cm³/mol. The fourth-order valence-corrected chi connectivity index (χ4v) is 3.11. The number of pyridine rings is 1. The molecule has 0 bridgehead atoms. The van der Waals surface area contributed by atoms with Crippen molar-refractivity contribution in [3.05, 3.63) is 63.1 Å². The number of hydrogen-bond acceptors (Lipinski definition) is 4. The lowest BCUT2D eigenvalue weighted by molar-refractivity contribution is 0.0955. The van der Waals surface area contributed by atoms with E-state index in [1.54, 1.807) is 23.1 Å². The number of carbonyl (C=O) groups is 1. The molecule has 3 rings (SSSR count). The second-order valence-electron chi connectivity index (χ2n) is 4.26. The molecule has 1 amide bonds. The van der Waals surface area contributed by atoms with Crippen molar-refractivity contribution in [2.75, 3.05) is 0 Å². The Morgan fingerprint density at radius 3 is 2.95 bits per heavy atom. The molecule has 3 heterocycles. The van der Waals surface area contributed by atoms with Gasteiger partial charge in [0.05, 0.1) is 8.66 Å². The average Bonchev–Trinajstić information content (AvgIpc) is 3.16. The zero-order chi connectivity index (χ0) is 14.7. The van der Waals surface area contributed by atoms with Crippen molar-refractivity contribution in [2.24, 2.45) is 0 Å². The zero-order valence-corrected chi connectivity index (χ0v) is 13.3. The second-order valence-corrected chi connectivity index (χ2v) is 6.72. The van der Waals surface area contributed by atoms with E-state index >= 15 is 0 Å². The maximum Gasteiger partial charge on any atom is 0.261 e. The third kappa shape index (κ3) is 3.37. The molecule has 0 radical (unpaired) electrons. The Labute approximate surface area is 133 Å². The first-order chi connectivity index (χ1) is 10.2. The minimum Gasteiger partial charge on any atom is -0.347 e. The molecular formula is C14H11BrN4OS. The quantitative estimate of drug-likeness (QED) is 0.775. The van der Waals surface area contributed by atoms with E-state index in [-0.39, 0.29) is 5.91 Å². The predicted octanol–water partition coefficient (Wildman–Crippen LogP) is 3.02. The molecule has 0 aliphatic heterocycles. The summed E-state index contributed by atoms with van der Waals surface area (Å²) in [4.78, 5) is 16.9. The maximum atomic E-state index is 12.0. The number of aromatic nitrogens is 3. The fraction of sp³-hybridized carbons (Fsp3) is 0.0714. The Bertz CT molecular complexity index is 754. The lowest BCUT2D eigenvalue weighted by Gasteiger charge is -2.06. The summed E-state index contributed by atoms with van der Waals surface area (Å²) >= 11 is 4.76. The molecule has 7 heteroatoms. The lowest BCUT2D eigenvalue weighted by Crippen LogP contribution is -2.21. The molecule has 0 spiro atoms. The van der Waals surface area contributed by atoms with Crippen LogP contribution in [0.15, 0.2) is 52.7 Å². The summed E-state index contributed by atoms with van der Waals surface area (Å²) in [7, 11) is 0. The highest BCUT2D eigenvalue weighted by Crippen LogP contribution is 2.21. The van der Waals surface area contributed by atoms with Crippen LogP contribution in [0, 0.1) is 0 Å². The molecule has 5 nitrogen and oxygen atoms in total. The zero-order valence-electron chi connectivity index (χ0n) is 10.9. The minimum absolute atomic E-state index is 0.0804. The van der Waals surface area contributed by atoms with Gasteiger partial charge in [-0.25, -0.2) is 9.67 Å². The standard InChI is InChI=1S/C14H11BrN4OS/c15-12-3-2-11(21-12)14(20)17-9-10-4-6-16-13(8-10)19-7-1-5-18-19/h1-8H,9H2,(H,17,20). The van der Waals surface area contributed by atoms with E-state index in [4.69, 9.17) is 0 Å². The van der Waals surface area contributed by atoms with Crippen LogP contribution in [0.4, 0.5) is 0 Å². The Kier molecular flexibility index (Phi) is 4.12. The van der Waals surface area contributed by atoms with E-state index in [0.29, 0.717) is 11.4 Å². The van der Waals surface area contributed by atoms with Crippen molar-refractivity contribution in [1.82, 2.24) is 20.1 Å². The van der Waals surface area contributed by atoms with Crippen LogP contribution in [0.2, 0.25) is 0 Å². The van der Waals surface area contributed by atoms with Crippen LogP contribution in [0.5, 0.6) is 0 Å². The van der Waals surface area contributed by atoms with Gasteiger partial charge in [-0.3, -0.25) is 4.79 Å². The van der Waals surface area contributed by atoms with Crippen molar-refractivity contribution >= 4 is 33.2 Å². The summed E-state index contributed by atoms with van der Waals surface area (Å²) < 4.78 is 2.62. The van der Waals surface area contributed by atoms with Crippen LogP contribution in [0.25, 0.3) is 5.82 Å². The number of nitrogens with zero attached hydrogens (tertiary/aromatic N) is 3. The Balaban J connectivity index is 1.68. The average molecular weight is 363 g/mol. The second kappa shape index (κ2) is 6.19. The molecule has 0 aliphatic rings. The summed E-state index contributed by atoms with van der Waals surface area (Å²) in [6, 6.07) is 9.27. The van der Waals surface area contributed by atoms with Gasteiger partial charge in [0.15, 0.2) is 5.82 Å². The molecule has 1 N–H and O–H groups in total. The SMILES string of the molecule is O=C(NCc1ccnc(-n2cccn2)c1)c1ccc(Br)s1. The van der Waals surface area contributed by atoms with E-state index in [2.05, 4.69) is 31.3 Å². The molecule has 0 aliphatic carbocycles. The molecule has 0 unspecified atom stereocenters. The summed E-state index contributed by atoms with van der Waals surface area (Å²) in [5.74, 6) is 0.647. The largest absolute Gasteiger partial charge is 0.347 e. The number of amides is 1. The van der Waals surface area contributed by atoms with Crippen molar-refractivity contribution in [2.45, 2.75) is 6.54 Å². The highest BCUT2D eigenvalue weighted by atomic mass is 79.9. The van der Waals surface area contributed by atoms with Crippen molar-refractivity contribution in [3.63, 3.8) is 0 Å². The number of nitrogens with one attached hydrogen (secondary N) is 1. The molecule has 106 valence electrons. The highest BCUT2D eigenvalue weighted by Gasteiger charge is 2.08. The van der Waals surface area contributed by atoms with Crippen LogP contribution >= 0.6 is 27.3 Å². The number of hydrogen-bond donors (Lipinski definition) is 1. The summed E-state index contributed by atoms with van der Waals surface area (Å²) in [6.45, 7) is 0.450. The fourth-order valence-electron chi connectivity index (χ4n) is 1.81. The van der Waals surface area contributed by atoms with Gasteiger partial charge in [-0.15, -0.1) is 11.3 Å². The molecule has 0 aromatic carbocycles. The number of rotatable bonds is 4. The van der Waals surface area contributed by atoms with E-state index in [9.17, 15) is 4.79 Å². The van der Waals surface area contributed by atoms with Gasteiger partial charge in [-0.2, -0.15) is 5.10 Å². The first kappa shape index (κ1) is 14.0.